The molecule has 0 radical (unpaired) electrons. The molecule has 0 unspecified atom stereocenters. The smallest absolute Gasteiger partial charge is 0.319 e. The summed E-state index contributed by atoms with van der Waals surface area (Å²) in [4.78, 5) is 26.2. The fraction of sp³-hybridized carbons (Fsp3) is 0.867. The number of likely N-dealkylation sites (tertiary alicyclic amines) is 1. The third-order valence-corrected chi connectivity index (χ3v) is 3.96. The molecule has 116 valence electrons. The average molecular weight is 285 g/mol. The van der Waals surface area contributed by atoms with Gasteiger partial charge in [0.25, 0.3) is 0 Å². The van der Waals surface area contributed by atoms with E-state index in [1.54, 1.807) is 27.9 Å². The number of hydrogen-bond acceptors (Lipinski definition) is 5. The van der Waals surface area contributed by atoms with Gasteiger partial charge in [0.05, 0.1) is 13.2 Å². The Labute approximate surface area is 121 Å². The molecule has 0 aromatic carbocycles. The third-order valence-electron chi connectivity index (χ3n) is 3.96. The van der Waals surface area contributed by atoms with E-state index in [1.807, 2.05) is 0 Å². The molecule has 0 atom stereocenters. The van der Waals surface area contributed by atoms with Gasteiger partial charge in [-0.2, -0.15) is 0 Å². The van der Waals surface area contributed by atoms with E-state index < -0.39 is 11.4 Å². The van der Waals surface area contributed by atoms with Gasteiger partial charge in [-0.1, -0.05) is 0 Å². The van der Waals surface area contributed by atoms with E-state index in [4.69, 9.17) is 9.47 Å². The summed E-state index contributed by atoms with van der Waals surface area (Å²) in [6.45, 7) is 8.23. The van der Waals surface area contributed by atoms with Crippen molar-refractivity contribution in [1.82, 2.24) is 4.90 Å². The molecule has 5 heteroatoms. The largest absolute Gasteiger partial charge is 0.465 e. The van der Waals surface area contributed by atoms with Crippen molar-refractivity contribution in [2.45, 2.75) is 33.6 Å². The normalized spacial score (nSPS) is 18.0. The van der Waals surface area contributed by atoms with Crippen LogP contribution in [0.4, 0.5) is 0 Å². The van der Waals surface area contributed by atoms with Gasteiger partial charge in [0.1, 0.15) is 5.41 Å². The van der Waals surface area contributed by atoms with Gasteiger partial charge in [0, 0.05) is 13.7 Å². The van der Waals surface area contributed by atoms with Crippen LogP contribution in [0.3, 0.4) is 0 Å². The summed E-state index contributed by atoms with van der Waals surface area (Å²) < 4.78 is 10.1. The van der Waals surface area contributed by atoms with Crippen LogP contribution in [0.2, 0.25) is 0 Å². The molecule has 5 nitrogen and oxygen atoms in total. The van der Waals surface area contributed by atoms with Crippen molar-refractivity contribution in [1.29, 1.82) is 0 Å². The Morgan fingerprint density at radius 3 is 2.35 bits per heavy atom. The number of carbonyl (C=O) groups is 2. The van der Waals surface area contributed by atoms with Crippen molar-refractivity contribution in [3.63, 3.8) is 0 Å². The highest BCUT2D eigenvalue weighted by molar-refractivity contribution is 6.03. The lowest BCUT2D eigenvalue weighted by molar-refractivity contribution is -0.158. The molecule has 1 aliphatic heterocycles. The zero-order chi connectivity index (χ0) is 15.2. The first-order chi connectivity index (χ1) is 9.41. The van der Waals surface area contributed by atoms with Crippen LogP contribution in [0, 0.1) is 11.3 Å². The number of carbonyl (C=O) groups excluding carboxylic acids is 2. The Kier molecular flexibility index (Phi) is 6.62. The van der Waals surface area contributed by atoms with Crippen LogP contribution >= 0.6 is 0 Å². The molecule has 1 saturated heterocycles. The highest BCUT2D eigenvalue weighted by Crippen LogP contribution is 2.22. The first-order valence-corrected chi connectivity index (χ1v) is 7.33. The third kappa shape index (κ3) is 4.56. The number of methoxy groups -OCH3 is 1. The Hall–Kier alpha value is -0.940. The predicted molar refractivity (Wildman–Crippen MR) is 76.5 cm³/mol. The lowest BCUT2D eigenvalue weighted by atomic mass is 9.87. The molecule has 1 heterocycles. The van der Waals surface area contributed by atoms with Crippen molar-refractivity contribution in [2.75, 3.05) is 40.0 Å². The summed E-state index contributed by atoms with van der Waals surface area (Å²) in [6.07, 6.45) is 2.09. The van der Waals surface area contributed by atoms with Crippen LogP contribution < -0.4 is 0 Å². The second-order valence-electron chi connectivity index (χ2n) is 5.94. The van der Waals surface area contributed by atoms with Crippen LogP contribution in [-0.2, 0) is 19.1 Å². The number of piperidine rings is 1. The molecule has 0 spiro atoms. The maximum absolute atomic E-state index is 12.3. The average Bonchev–Trinajstić information content (AvgIpc) is 2.41. The van der Waals surface area contributed by atoms with Gasteiger partial charge in [-0.3, -0.25) is 14.5 Å². The Bertz CT molecular complexity index is 333. The maximum atomic E-state index is 12.3. The van der Waals surface area contributed by atoms with Crippen molar-refractivity contribution >= 4 is 11.8 Å². The zero-order valence-corrected chi connectivity index (χ0v) is 13.1. The summed E-state index contributed by atoms with van der Waals surface area (Å²) in [5.74, 6) is 0.0878. The van der Waals surface area contributed by atoms with E-state index in [2.05, 4.69) is 4.90 Å². The number of ketones is 1. The summed E-state index contributed by atoms with van der Waals surface area (Å²) in [6, 6.07) is 0. The predicted octanol–water partition coefficient (Wildman–Crippen LogP) is 1.50. The molecular weight excluding hydrogens is 258 g/mol. The highest BCUT2D eigenvalue weighted by atomic mass is 16.5. The van der Waals surface area contributed by atoms with Crippen LogP contribution in [-0.4, -0.2) is 56.6 Å². The fourth-order valence-electron chi connectivity index (χ4n) is 2.37. The Balaban J connectivity index is 2.45. The van der Waals surface area contributed by atoms with Crippen LogP contribution in [0.25, 0.3) is 0 Å². The van der Waals surface area contributed by atoms with Gasteiger partial charge >= 0.3 is 5.97 Å². The minimum absolute atomic E-state index is 0.0684. The lowest BCUT2D eigenvalue weighted by Gasteiger charge is -2.32. The van der Waals surface area contributed by atoms with E-state index in [-0.39, 0.29) is 5.78 Å². The molecule has 0 N–H and O–H groups in total. The summed E-state index contributed by atoms with van der Waals surface area (Å²) in [5.41, 5.74) is -1.06. The molecular formula is C15H27NO4. The zero-order valence-electron chi connectivity index (χ0n) is 13.1. The summed E-state index contributed by atoms with van der Waals surface area (Å²) in [5, 5.41) is 0. The summed E-state index contributed by atoms with van der Waals surface area (Å²) in [7, 11) is 1.72. The Morgan fingerprint density at radius 1 is 1.25 bits per heavy atom. The van der Waals surface area contributed by atoms with E-state index in [0.29, 0.717) is 19.1 Å². The molecule has 0 aliphatic carbocycles. The molecule has 20 heavy (non-hydrogen) atoms. The molecule has 0 aromatic rings. The van der Waals surface area contributed by atoms with Crippen LogP contribution in [0.1, 0.15) is 33.6 Å². The number of hydrogen-bond donors (Lipinski definition) is 0. The second kappa shape index (κ2) is 7.74. The van der Waals surface area contributed by atoms with Gasteiger partial charge in [-0.05, 0) is 52.6 Å². The minimum Gasteiger partial charge on any atom is -0.465 e. The monoisotopic (exact) mass is 285 g/mol. The van der Waals surface area contributed by atoms with E-state index >= 15 is 0 Å². The van der Waals surface area contributed by atoms with Gasteiger partial charge in [-0.15, -0.1) is 0 Å². The van der Waals surface area contributed by atoms with E-state index in [9.17, 15) is 9.59 Å². The highest BCUT2D eigenvalue weighted by Gasteiger charge is 2.38. The molecule has 0 bridgehead atoms. The molecule has 1 fully saturated rings. The quantitative estimate of drug-likeness (QED) is 0.524. The molecule has 0 amide bonds. The van der Waals surface area contributed by atoms with Crippen molar-refractivity contribution < 1.29 is 19.1 Å². The first-order valence-electron chi connectivity index (χ1n) is 7.33. The molecule has 0 aromatic heterocycles. The SMILES string of the molecule is CCOC(=O)C(C)(C)C(=O)CN1CCC(COC)CC1. The molecule has 0 saturated carbocycles. The van der Waals surface area contributed by atoms with Crippen LogP contribution in [0.15, 0.2) is 0 Å². The van der Waals surface area contributed by atoms with Crippen molar-refractivity contribution in [3.8, 4) is 0 Å². The number of nitrogens with zero attached hydrogens (tertiary/aromatic N) is 1. The molecule has 1 rings (SSSR count). The van der Waals surface area contributed by atoms with E-state index in [1.165, 1.54) is 0 Å². The minimum atomic E-state index is -1.06. The first kappa shape index (κ1) is 17.1. The molecule has 1 aliphatic rings. The summed E-state index contributed by atoms with van der Waals surface area (Å²) >= 11 is 0. The number of ether oxygens (including phenoxy) is 2. The topological polar surface area (TPSA) is 55.8 Å². The van der Waals surface area contributed by atoms with E-state index in [0.717, 1.165) is 32.5 Å². The van der Waals surface area contributed by atoms with Gasteiger partial charge in [0.2, 0.25) is 0 Å². The van der Waals surface area contributed by atoms with Gasteiger partial charge in [0.15, 0.2) is 5.78 Å². The van der Waals surface area contributed by atoms with Gasteiger partial charge in [-0.25, -0.2) is 0 Å². The Morgan fingerprint density at radius 2 is 1.85 bits per heavy atom. The van der Waals surface area contributed by atoms with Crippen LogP contribution in [0.5, 0.6) is 0 Å². The van der Waals surface area contributed by atoms with Crippen molar-refractivity contribution in [3.05, 3.63) is 0 Å². The van der Waals surface area contributed by atoms with Gasteiger partial charge < -0.3 is 9.47 Å². The number of Topliss-reactive ketones (excluding diaryl/α,β-unsaturated/α-hetero) is 1. The fourth-order valence-corrected chi connectivity index (χ4v) is 2.37. The number of esters is 1. The maximum Gasteiger partial charge on any atom is 0.319 e. The van der Waals surface area contributed by atoms with Crippen molar-refractivity contribution in [2.24, 2.45) is 11.3 Å². The second-order valence-corrected chi connectivity index (χ2v) is 5.94. The number of rotatable bonds is 7. The standard InChI is InChI=1S/C15H27NO4/c1-5-20-14(18)15(2,3)13(17)10-16-8-6-12(7-9-16)11-19-4/h12H,5-11H2,1-4H3. The lowest BCUT2D eigenvalue weighted by Crippen LogP contribution is -2.45.